The third-order valence-corrected chi connectivity index (χ3v) is 3.67. The maximum Gasteiger partial charge on any atom is 0.326 e. The van der Waals surface area contributed by atoms with Crippen LogP contribution in [-0.4, -0.2) is 45.7 Å². The highest BCUT2D eigenvalue weighted by Crippen LogP contribution is 2.28. The van der Waals surface area contributed by atoms with Crippen molar-refractivity contribution in [2.75, 3.05) is 6.54 Å². The normalized spacial score (nSPS) is 22.1. The van der Waals surface area contributed by atoms with Gasteiger partial charge in [0.25, 0.3) is 5.91 Å². The molecule has 1 heterocycles. The molecule has 1 aromatic carbocycles. The van der Waals surface area contributed by atoms with E-state index in [1.54, 1.807) is 0 Å². The molecule has 2 N–H and O–H groups in total. The summed E-state index contributed by atoms with van der Waals surface area (Å²) in [4.78, 5) is 24.3. The number of carboxylic acid groups (broad SMARTS) is 1. The van der Waals surface area contributed by atoms with Crippen molar-refractivity contribution in [3.8, 4) is 0 Å². The molecular weight excluding hydrogens is 312 g/mol. The topological polar surface area (TPSA) is 77.8 Å². The van der Waals surface area contributed by atoms with E-state index in [9.17, 15) is 19.1 Å². The van der Waals surface area contributed by atoms with Crippen LogP contribution in [0.1, 0.15) is 16.8 Å². The van der Waals surface area contributed by atoms with E-state index in [0.717, 1.165) is 17.0 Å². The van der Waals surface area contributed by atoms with Crippen molar-refractivity contribution in [2.24, 2.45) is 0 Å². The summed E-state index contributed by atoms with van der Waals surface area (Å²) >= 11 is 11.4. The fraction of sp³-hybridized carbons (Fsp3) is 0.333. The van der Waals surface area contributed by atoms with Crippen LogP contribution in [-0.2, 0) is 4.79 Å². The van der Waals surface area contributed by atoms with Gasteiger partial charge < -0.3 is 15.1 Å². The molecule has 0 saturated carbocycles. The van der Waals surface area contributed by atoms with Gasteiger partial charge in [0.1, 0.15) is 11.9 Å². The molecular formula is C12H10Cl2FNO4. The number of carboxylic acids is 1. The number of rotatable bonds is 2. The number of aliphatic hydroxyl groups is 1. The molecule has 2 atom stereocenters. The zero-order chi connectivity index (χ0) is 15.0. The van der Waals surface area contributed by atoms with E-state index in [1.165, 1.54) is 0 Å². The molecule has 20 heavy (non-hydrogen) atoms. The van der Waals surface area contributed by atoms with Crippen LogP contribution in [0.25, 0.3) is 0 Å². The molecule has 8 heteroatoms. The van der Waals surface area contributed by atoms with Crippen molar-refractivity contribution in [3.05, 3.63) is 33.6 Å². The first-order chi connectivity index (χ1) is 9.31. The highest BCUT2D eigenvalue weighted by Gasteiger charge is 2.39. The molecule has 1 aromatic rings. The van der Waals surface area contributed by atoms with Crippen molar-refractivity contribution >= 4 is 35.1 Å². The van der Waals surface area contributed by atoms with E-state index < -0.39 is 29.8 Å². The van der Waals surface area contributed by atoms with E-state index in [4.69, 9.17) is 28.3 Å². The van der Waals surface area contributed by atoms with Crippen LogP contribution >= 0.6 is 23.2 Å². The number of benzene rings is 1. The van der Waals surface area contributed by atoms with Crippen LogP contribution in [0, 0.1) is 5.82 Å². The summed E-state index contributed by atoms with van der Waals surface area (Å²) in [6, 6.07) is 0.775. The Morgan fingerprint density at radius 1 is 1.30 bits per heavy atom. The van der Waals surface area contributed by atoms with Crippen molar-refractivity contribution in [3.63, 3.8) is 0 Å². The lowest BCUT2D eigenvalue weighted by atomic mass is 10.1. The van der Waals surface area contributed by atoms with Crippen LogP contribution in [0.2, 0.25) is 10.0 Å². The second-order valence-electron chi connectivity index (χ2n) is 4.45. The lowest BCUT2D eigenvalue weighted by Crippen LogP contribution is -2.40. The average Bonchev–Trinajstić information content (AvgIpc) is 2.75. The number of aliphatic carboxylic acids is 1. The van der Waals surface area contributed by atoms with E-state index >= 15 is 0 Å². The van der Waals surface area contributed by atoms with Gasteiger partial charge in [-0.25, -0.2) is 9.18 Å². The summed E-state index contributed by atoms with van der Waals surface area (Å²) in [5.74, 6) is -2.82. The third kappa shape index (κ3) is 2.72. The summed E-state index contributed by atoms with van der Waals surface area (Å²) in [7, 11) is 0. The highest BCUT2D eigenvalue weighted by atomic mass is 35.5. The van der Waals surface area contributed by atoms with Crippen molar-refractivity contribution in [1.82, 2.24) is 4.90 Å². The molecule has 0 spiro atoms. The lowest BCUT2D eigenvalue weighted by Gasteiger charge is -2.21. The summed E-state index contributed by atoms with van der Waals surface area (Å²) < 4.78 is 13.4. The molecule has 0 aromatic heterocycles. The van der Waals surface area contributed by atoms with Crippen LogP contribution < -0.4 is 0 Å². The SMILES string of the molecule is O=C(O)C1CC(O)CN1C(=O)c1cc(F)c(Cl)cc1Cl. The Kier molecular flexibility index (Phi) is 4.17. The predicted octanol–water partition coefficient (Wildman–Crippen LogP) is 1.79. The van der Waals surface area contributed by atoms with Gasteiger partial charge in [0.05, 0.1) is 21.7 Å². The van der Waals surface area contributed by atoms with E-state index in [1.807, 2.05) is 0 Å². The largest absolute Gasteiger partial charge is 0.480 e. The summed E-state index contributed by atoms with van der Waals surface area (Å²) in [6.45, 7) is -0.142. The lowest BCUT2D eigenvalue weighted by molar-refractivity contribution is -0.141. The minimum atomic E-state index is -1.24. The predicted molar refractivity (Wildman–Crippen MR) is 69.5 cm³/mol. The number of amides is 1. The molecule has 1 amide bonds. The van der Waals surface area contributed by atoms with E-state index in [0.29, 0.717) is 0 Å². The maximum absolute atomic E-state index is 13.4. The number of carbonyl (C=O) groups excluding carboxylic acids is 1. The standard InChI is InChI=1S/C12H10Cl2FNO4/c13-7-3-8(14)9(15)2-6(7)11(18)16-4-5(17)1-10(16)12(19)20/h2-3,5,10,17H,1,4H2,(H,19,20). The second kappa shape index (κ2) is 5.55. The quantitative estimate of drug-likeness (QED) is 0.814. The summed E-state index contributed by atoms with van der Waals surface area (Å²) in [5.41, 5.74) is -0.186. The number of halogens is 3. The molecule has 0 aliphatic carbocycles. The summed E-state index contributed by atoms with van der Waals surface area (Å²) in [5, 5.41) is 18.2. The molecule has 0 bridgehead atoms. The Morgan fingerprint density at radius 2 is 1.95 bits per heavy atom. The number of aliphatic hydroxyl groups excluding tert-OH is 1. The van der Waals surface area contributed by atoms with Crippen LogP contribution in [0.5, 0.6) is 0 Å². The zero-order valence-corrected chi connectivity index (χ0v) is 11.5. The van der Waals surface area contributed by atoms with Crippen molar-refractivity contribution < 1.29 is 24.2 Å². The molecule has 0 radical (unpaired) electrons. The number of nitrogens with zero attached hydrogens (tertiary/aromatic N) is 1. The van der Waals surface area contributed by atoms with Gasteiger partial charge in [0.2, 0.25) is 0 Å². The van der Waals surface area contributed by atoms with Crippen LogP contribution in [0.15, 0.2) is 12.1 Å². The second-order valence-corrected chi connectivity index (χ2v) is 5.26. The number of hydrogen-bond acceptors (Lipinski definition) is 3. The minimum absolute atomic E-state index is 0.0746. The Balaban J connectivity index is 2.36. The van der Waals surface area contributed by atoms with E-state index in [-0.39, 0.29) is 28.6 Å². The van der Waals surface area contributed by atoms with Crippen molar-refractivity contribution in [2.45, 2.75) is 18.6 Å². The monoisotopic (exact) mass is 321 g/mol. The first-order valence-corrected chi connectivity index (χ1v) is 6.43. The first kappa shape index (κ1) is 15.0. The van der Waals surface area contributed by atoms with Gasteiger partial charge in [-0.1, -0.05) is 23.2 Å². The molecule has 1 aliphatic rings. The average molecular weight is 322 g/mol. The van der Waals surface area contributed by atoms with Crippen molar-refractivity contribution in [1.29, 1.82) is 0 Å². The first-order valence-electron chi connectivity index (χ1n) is 5.67. The Hall–Kier alpha value is -1.37. The number of hydrogen-bond donors (Lipinski definition) is 2. The molecule has 5 nitrogen and oxygen atoms in total. The van der Waals surface area contributed by atoms with Gasteiger partial charge >= 0.3 is 5.97 Å². The summed E-state index contributed by atoms with van der Waals surface area (Å²) in [6.07, 6.45) is -1.01. The Bertz CT molecular complexity index is 581. The van der Waals surface area contributed by atoms with E-state index in [2.05, 4.69) is 0 Å². The van der Waals surface area contributed by atoms with Gasteiger partial charge in [-0.2, -0.15) is 0 Å². The molecule has 108 valence electrons. The Labute approximate surface area is 123 Å². The number of β-amino-alcohol motifs (C(OH)–C–C–N with tert-alkyl or cyclic N) is 1. The third-order valence-electron chi connectivity index (χ3n) is 3.07. The minimum Gasteiger partial charge on any atom is -0.480 e. The number of carbonyl (C=O) groups is 2. The highest BCUT2D eigenvalue weighted by molar-refractivity contribution is 6.36. The van der Waals surface area contributed by atoms with Gasteiger partial charge in [-0.05, 0) is 12.1 Å². The Morgan fingerprint density at radius 3 is 2.55 bits per heavy atom. The molecule has 1 aliphatic heterocycles. The maximum atomic E-state index is 13.4. The molecule has 1 fully saturated rings. The fourth-order valence-electron chi connectivity index (χ4n) is 2.11. The van der Waals surface area contributed by atoms with Crippen LogP contribution in [0.4, 0.5) is 4.39 Å². The zero-order valence-electron chi connectivity index (χ0n) is 10.0. The fourth-order valence-corrected chi connectivity index (χ4v) is 2.58. The smallest absolute Gasteiger partial charge is 0.326 e. The van der Waals surface area contributed by atoms with Gasteiger partial charge in [0, 0.05) is 13.0 Å². The molecule has 1 saturated heterocycles. The number of likely N-dealkylation sites (tertiary alicyclic amines) is 1. The van der Waals surface area contributed by atoms with Gasteiger partial charge in [-0.15, -0.1) is 0 Å². The van der Waals surface area contributed by atoms with Gasteiger partial charge in [0.15, 0.2) is 0 Å². The molecule has 2 rings (SSSR count). The van der Waals surface area contributed by atoms with Crippen LogP contribution in [0.3, 0.4) is 0 Å². The molecule has 2 unspecified atom stereocenters. The van der Waals surface area contributed by atoms with Gasteiger partial charge in [-0.3, -0.25) is 4.79 Å².